The van der Waals surface area contributed by atoms with Gasteiger partial charge in [-0.25, -0.2) is 0 Å². The van der Waals surface area contributed by atoms with Gasteiger partial charge in [0, 0.05) is 7.11 Å². The van der Waals surface area contributed by atoms with Crippen LogP contribution in [0.4, 0.5) is 0 Å². The number of phenols is 1. The van der Waals surface area contributed by atoms with E-state index in [1.807, 2.05) is 24.3 Å². The van der Waals surface area contributed by atoms with Crippen LogP contribution in [0.5, 0.6) is 28.7 Å². The fourth-order valence-corrected chi connectivity index (χ4v) is 2.52. The molecule has 0 aliphatic carbocycles. The van der Waals surface area contributed by atoms with Gasteiger partial charge in [-0.3, -0.25) is 0 Å². The smallest absolute Gasteiger partial charge is 0.203 e. The Balaban J connectivity index is 2.15. The van der Waals surface area contributed by atoms with Gasteiger partial charge in [0.05, 0.1) is 21.3 Å². The second-order valence-corrected chi connectivity index (χ2v) is 5.39. The van der Waals surface area contributed by atoms with Crippen LogP contribution in [-0.4, -0.2) is 40.3 Å². The molecule has 0 radical (unpaired) electrons. The van der Waals surface area contributed by atoms with Crippen molar-refractivity contribution in [3.63, 3.8) is 0 Å². The minimum atomic E-state index is 0.0872. The summed E-state index contributed by atoms with van der Waals surface area (Å²) in [6, 6.07) is 9.17. The van der Waals surface area contributed by atoms with Crippen LogP contribution in [0.2, 0.25) is 0 Å². The minimum Gasteiger partial charge on any atom is -0.504 e. The van der Waals surface area contributed by atoms with Gasteiger partial charge in [0.2, 0.25) is 5.75 Å². The number of methoxy groups -OCH3 is 4. The Morgan fingerprint density at radius 1 is 0.760 bits per heavy atom. The lowest BCUT2D eigenvalue weighted by Gasteiger charge is -2.14. The summed E-state index contributed by atoms with van der Waals surface area (Å²) >= 11 is 0. The maximum Gasteiger partial charge on any atom is 0.203 e. The second kappa shape index (κ2) is 9.03. The van der Waals surface area contributed by atoms with Gasteiger partial charge in [-0.2, -0.15) is 0 Å². The van der Waals surface area contributed by atoms with Gasteiger partial charge in [-0.1, -0.05) is 6.07 Å². The van der Waals surface area contributed by atoms with Crippen LogP contribution in [0.25, 0.3) is 0 Å². The van der Waals surface area contributed by atoms with Crippen molar-refractivity contribution in [2.75, 3.05) is 35.2 Å². The summed E-state index contributed by atoms with van der Waals surface area (Å²) in [4.78, 5) is 0. The summed E-state index contributed by atoms with van der Waals surface area (Å²) in [5.41, 5.74) is 2.10. The van der Waals surface area contributed by atoms with E-state index >= 15 is 0 Å². The van der Waals surface area contributed by atoms with Crippen molar-refractivity contribution in [2.24, 2.45) is 0 Å². The van der Waals surface area contributed by atoms with E-state index in [0.717, 1.165) is 24.0 Å². The first-order valence-corrected chi connectivity index (χ1v) is 7.85. The number of phenolic OH excluding ortho intramolecular Hbond substituents is 1. The number of benzene rings is 2. The molecule has 2 rings (SSSR count). The molecule has 1 N–H and O–H groups in total. The van der Waals surface area contributed by atoms with E-state index in [4.69, 9.17) is 23.7 Å². The average Bonchev–Trinajstić information content (AvgIpc) is 2.65. The summed E-state index contributed by atoms with van der Waals surface area (Å²) in [5, 5.41) is 9.81. The number of aryl methyl sites for hydroxylation is 2. The molecule has 0 aliphatic heterocycles. The lowest BCUT2D eigenvalue weighted by atomic mass is 10.0. The summed E-state index contributed by atoms with van der Waals surface area (Å²) in [6.45, 7) is 0.0872. The van der Waals surface area contributed by atoms with Crippen molar-refractivity contribution in [3.05, 3.63) is 41.5 Å². The van der Waals surface area contributed by atoms with Crippen molar-refractivity contribution >= 4 is 0 Å². The van der Waals surface area contributed by atoms with Crippen LogP contribution >= 0.6 is 0 Å². The van der Waals surface area contributed by atoms with Crippen LogP contribution in [0.15, 0.2) is 30.3 Å². The van der Waals surface area contributed by atoms with Crippen LogP contribution in [0, 0.1) is 0 Å². The van der Waals surface area contributed by atoms with Crippen LogP contribution in [0.3, 0.4) is 0 Å². The molecule has 6 nitrogen and oxygen atoms in total. The highest BCUT2D eigenvalue weighted by atomic mass is 16.7. The first-order valence-electron chi connectivity index (χ1n) is 7.85. The lowest BCUT2D eigenvalue weighted by molar-refractivity contribution is 0.0491. The highest BCUT2D eigenvalue weighted by Crippen LogP contribution is 2.38. The Kier molecular flexibility index (Phi) is 6.77. The molecule has 2 aromatic carbocycles. The van der Waals surface area contributed by atoms with Gasteiger partial charge in [0.1, 0.15) is 0 Å². The van der Waals surface area contributed by atoms with Crippen LogP contribution in [0.1, 0.15) is 11.1 Å². The van der Waals surface area contributed by atoms with Crippen molar-refractivity contribution < 1.29 is 28.8 Å². The normalized spacial score (nSPS) is 10.4. The van der Waals surface area contributed by atoms with Crippen LogP contribution in [-0.2, 0) is 17.6 Å². The molecule has 0 atom stereocenters. The zero-order chi connectivity index (χ0) is 18.2. The molecule has 0 bridgehead atoms. The third-order valence-corrected chi connectivity index (χ3v) is 3.78. The lowest BCUT2D eigenvalue weighted by Crippen LogP contribution is -2.01. The van der Waals surface area contributed by atoms with Gasteiger partial charge in [0.25, 0.3) is 0 Å². The molecule has 0 unspecified atom stereocenters. The highest BCUT2D eigenvalue weighted by Gasteiger charge is 2.13. The Morgan fingerprint density at radius 3 is 1.92 bits per heavy atom. The van der Waals surface area contributed by atoms with E-state index in [1.54, 1.807) is 27.4 Å². The van der Waals surface area contributed by atoms with E-state index in [-0.39, 0.29) is 12.5 Å². The first kappa shape index (κ1) is 18.7. The molecule has 136 valence electrons. The molecular formula is C19H24O6. The molecular weight excluding hydrogens is 324 g/mol. The second-order valence-electron chi connectivity index (χ2n) is 5.39. The highest BCUT2D eigenvalue weighted by molar-refractivity contribution is 5.54. The zero-order valence-corrected chi connectivity index (χ0v) is 15.0. The molecule has 0 saturated heterocycles. The van der Waals surface area contributed by atoms with E-state index in [2.05, 4.69) is 0 Å². The van der Waals surface area contributed by atoms with Crippen molar-refractivity contribution in [2.45, 2.75) is 12.8 Å². The summed E-state index contributed by atoms with van der Waals surface area (Å²) in [5.74, 6) is 2.34. The van der Waals surface area contributed by atoms with E-state index in [1.165, 1.54) is 7.11 Å². The number of aromatic hydroxyl groups is 1. The fraction of sp³-hybridized carbons (Fsp3) is 0.368. The Hall–Kier alpha value is -2.60. The van der Waals surface area contributed by atoms with Gasteiger partial charge in [0.15, 0.2) is 29.8 Å². The predicted molar refractivity (Wildman–Crippen MR) is 94.1 cm³/mol. The molecule has 2 aromatic rings. The van der Waals surface area contributed by atoms with E-state index in [0.29, 0.717) is 23.0 Å². The standard InChI is InChI=1S/C19H24O6/c1-21-12-25-16-9-13(7-8-15(16)20)5-6-14-10-17(22-2)19(24-4)18(11-14)23-3/h7-11,20H,5-6,12H2,1-4H3. The zero-order valence-electron chi connectivity index (χ0n) is 15.0. The molecule has 0 amide bonds. The SMILES string of the molecule is COCOc1cc(CCc2cc(OC)c(OC)c(OC)c2)ccc1O. The molecule has 0 aromatic heterocycles. The maximum absolute atomic E-state index is 9.81. The first-order chi connectivity index (χ1) is 12.1. The number of ether oxygens (including phenoxy) is 5. The molecule has 0 fully saturated rings. The van der Waals surface area contributed by atoms with Crippen LogP contribution < -0.4 is 18.9 Å². The predicted octanol–water partition coefficient (Wildman–Crippen LogP) is 3.19. The number of hydrogen-bond acceptors (Lipinski definition) is 6. The third kappa shape index (κ3) is 4.70. The maximum atomic E-state index is 9.81. The Labute approximate surface area is 147 Å². The summed E-state index contributed by atoms with van der Waals surface area (Å²) < 4.78 is 26.3. The third-order valence-electron chi connectivity index (χ3n) is 3.78. The summed E-state index contributed by atoms with van der Waals surface area (Å²) in [6.07, 6.45) is 1.54. The van der Waals surface area contributed by atoms with Gasteiger partial charge in [-0.05, 0) is 48.2 Å². The average molecular weight is 348 g/mol. The monoisotopic (exact) mass is 348 g/mol. The Bertz CT molecular complexity index is 673. The van der Waals surface area contributed by atoms with Crippen molar-refractivity contribution in [1.82, 2.24) is 0 Å². The number of hydrogen-bond donors (Lipinski definition) is 1. The van der Waals surface area contributed by atoms with E-state index < -0.39 is 0 Å². The molecule has 0 spiro atoms. The minimum absolute atomic E-state index is 0.0872. The molecule has 6 heteroatoms. The largest absolute Gasteiger partial charge is 0.504 e. The molecule has 0 heterocycles. The summed E-state index contributed by atoms with van der Waals surface area (Å²) in [7, 11) is 6.31. The number of rotatable bonds is 9. The van der Waals surface area contributed by atoms with Gasteiger partial charge >= 0.3 is 0 Å². The fourth-order valence-electron chi connectivity index (χ4n) is 2.52. The quantitative estimate of drug-likeness (QED) is 0.702. The van der Waals surface area contributed by atoms with E-state index in [9.17, 15) is 5.11 Å². The molecule has 25 heavy (non-hydrogen) atoms. The van der Waals surface area contributed by atoms with Crippen molar-refractivity contribution in [1.29, 1.82) is 0 Å². The van der Waals surface area contributed by atoms with Crippen molar-refractivity contribution in [3.8, 4) is 28.7 Å². The Morgan fingerprint density at radius 2 is 1.36 bits per heavy atom. The molecule has 0 saturated carbocycles. The topological polar surface area (TPSA) is 66.4 Å². The van der Waals surface area contributed by atoms with Gasteiger partial charge < -0.3 is 28.8 Å². The van der Waals surface area contributed by atoms with Gasteiger partial charge in [-0.15, -0.1) is 0 Å². The molecule has 0 aliphatic rings.